The second-order valence-electron chi connectivity index (χ2n) is 6.69. The molecular formula is C21H33Cl2N3O. The van der Waals surface area contributed by atoms with E-state index in [-0.39, 0.29) is 6.04 Å². The second kappa shape index (κ2) is 14.2. The molecule has 0 aromatic heterocycles. The molecule has 0 amide bonds. The van der Waals surface area contributed by atoms with Gasteiger partial charge in [0.25, 0.3) is 0 Å². The maximum Gasteiger partial charge on any atom is 0.160 e. The van der Waals surface area contributed by atoms with E-state index < -0.39 is 6.35 Å². The van der Waals surface area contributed by atoms with E-state index in [1.807, 2.05) is 12.1 Å². The predicted molar refractivity (Wildman–Crippen MR) is 117 cm³/mol. The largest absolute Gasteiger partial charge is 0.365 e. The number of rotatable bonds is 14. The van der Waals surface area contributed by atoms with Crippen LogP contribution in [0.15, 0.2) is 42.5 Å². The standard InChI is InChI=1S/C21H33Cl2N3O/c1-4-6-7-8-16(3)14-24-12-11-18(5-2)26-21(27)25-15-17-9-10-19(22)20(23)13-17/h4,8-10,13,18,21,24-27H,1,5-7,11-12,14-15H2,2-3H3/b16-8+. The summed E-state index contributed by atoms with van der Waals surface area (Å²) >= 11 is 11.9. The molecule has 1 aromatic carbocycles. The Balaban J connectivity index is 2.26. The molecule has 0 saturated heterocycles. The highest BCUT2D eigenvalue weighted by Gasteiger charge is 2.11. The van der Waals surface area contributed by atoms with Gasteiger partial charge >= 0.3 is 0 Å². The van der Waals surface area contributed by atoms with Crippen molar-refractivity contribution >= 4 is 23.2 Å². The summed E-state index contributed by atoms with van der Waals surface area (Å²) in [7, 11) is 0. The van der Waals surface area contributed by atoms with Crippen molar-refractivity contribution in [2.45, 2.75) is 58.5 Å². The zero-order valence-corrected chi connectivity index (χ0v) is 17.9. The molecule has 1 rings (SSSR count). The van der Waals surface area contributed by atoms with E-state index in [9.17, 15) is 5.11 Å². The van der Waals surface area contributed by atoms with E-state index in [1.54, 1.807) is 12.1 Å². The Kier molecular flexibility index (Phi) is 12.7. The fraction of sp³-hybridized carbons (Fsp3) is 0.524. The smallest absolute Gasteiger partial charge is 0.160 e. The Labute approximate surface area is 174 Å². The average molecular weight is 414 g/mol. The molecule has 0 fully saturated rings. The zero-order valence-electron chi connectivity index (χ0n) is 16.4. The molecule has 0 heterocycles. The van der Waals surface area contributed by atoms with Crippen LogP contribution in [0.5, 0.6) is 0 Å². The van der Waals surface area contributed by atoms with Crippen molar-refractivity contribution in [3.8, 4) is 0 Å². The lowest BCUT2D eigenvalue weighted by atomic mass is 10.1. The number of aliphatic hydroxyl groups is 1. The fourth-order valence-corrected chi connectivity index (χ4v) is 2.95. The van der Waals surface area contributed by atoms with Crippen LogP contribution in [-0.2, 0) is 6.54 Å². The van der Waals surface area contributed by atoms with Gasteiger partial charge < -0.3 is 10.4 Å². The minimum Gasteiger partial charge on any atom is -0.365 e. The van der Waals surface area contributed by atoms with Gasteiger partial charge in [0, 0.05) is 19.1 Å². The van der Waals surface area contributed by atoms with Gasteiger partial charge in [-0.15, -0.1) is 6.58 Å². The number of aliphatic hydroxyl groups excluding tert-OH is 1. The summed E-state index contributed by atoms with van der Waals surface area (Å²) in [5.41, 5.74) is 2.32. The second-order valence-corrected chi connectivity index (χ2v) is 7.50. The van der Waals surface area contributed by atoms with Crippen LogP contribution in [0.3, 0.4) is 0 Å². The third kappa shape index (κ3) is 10.9. The lowest BCUT2D eigenvalue weighted by Crippen LogP contribution is -2.47. The van der Waals surface area contributed by atoms with Gasteiger partial charge in [-0.1, -0.05) is 53.9 Å². The summed E-state index contributed by atoms with van der Waals surface area (Å²) in [6.07, 6.45) is 7.38. The third-order valence-electron chi connectivity index (χ3n) is 4.31. The lowest BCUT2D eigenvalue weighted by molar-refractivity contribution is 0.0838. The Bertz CT molecular complexity index is 593. The fourth-order valence-electron chi connectivity index (χ4n) is 2.63. The zero-order chi connectivity index (χ0) is 20.1. The molecule has 0 saturated carbocycles. The maximum atomic E-state index is 10.2. The van der Waals surface area contributed by atoms with Crippen LogP contribution in [0.1, 0.15) is 45.1 Å². The molecule has 4 N–H and O–H groups in total. The average Bonchev–Trinajstić information content (AvgIpc) is 2.65. The summed E-state index contributed by atoms with van der Waals surface area (Å²) < 4.78 is 0. The summed E-state index contributed by atoms with van der Waals surface area (Å²) in [6.45, 7) is 10.3. The van der Waals surface area contributed by atoms with Crippen LogP contribution in [-0.4, -0.2) is 30.6 Å². The van der Waals surface area contributed by atoms with E-state index in [2.05, 4.69) is 42.5 Å². The number of benzene rings is 1. The molecule has 1 aromatic rings. The molecule has 2 atom stereocenters. The number of allylic oxidation sites excluding steroid dienone is 2. The van der Waals surface area contributed by atoms with Crippen molar-refractivity contribution in [2.24, 2.45) is 0 Å². The normalized spacial score (nSPS) is 14.2. The van der Waals surface area contributed by atoms with Crippen molar-refractivity contribution in [1.29, 1.82) is 0 Å². The summed E-state index contributed by atoms with van der Waals surface area (Å²) in [5.74, 6) is 0. The molecule has 0 bridgehead atoms. The number of unbranched alkanes of at least 4 members (excludes halogenated alkanes) is 1. The SMILES string of the molecule is C=CCC/C=C(\C)CNCCC(CC)NC(O)NCc1ccc(Cl)c(Cl)c1. The molecule has 0 aliphatic heterocycles. The highest BCUT2D eigenvalue weighted by molar-refractivity contribution is 6.42. The Hall–Kier alpha value is -0.880. The van der Waals surface area contributed by atoms with Gasteiger partial charge in [-0.2, -0.15) is 0 Å². The Morgan fingerprint density at radius 1 is 1.26 bits per heavy atom. The summed E-state index contributed by atoms with van der Waals surface area (Å²) in [5, 5.41) is 21.0. The van der Waals surface area contributed by atoms with Gasteiger partial charge in [-0.25, -0.2) is 0 Å². The van der Waals surface area contributed by atoms with E-state index in [4.69, 9.17) is 23.2 Å². The van der Waals surface area contributed by atoms with Crippen LogP contribution in [0.25, 0.3) is 0 Å². The summed E-state index contributed by atoms with van der Waals surface area (Å²) in [4.78, 5) is 0. The summed E-state index contributed by atoms with van der Waals surface area (Å²) in [6, 6.07) is 5.68. The van der Waals surface area contributed by atoms with Gasteiger partial charge in [-0.3, -0.25) is 10.6 Å². The molecule has 0 aliphatic carbocycles. The number of nitrogens with one attached hydrogen (secondary N) is 3. The first-order chi connectivity index (χ1) is 13.0. The monoisotopic (exact) mass is 413 g/mol. The first kappa shape index (κ1) is 24.2. The minimum atomic E-state index is -0.773. The highest BCUT2D eigenvalue weighted by Crippen LogP contribution is 2.22. The quantitative estimate of drug-likeness (QED) is 0.204. The van der Waals surface area contributed by atoms with E-state index in [0.29, 0.717) is 16.6 Å². The molecule has 0 radical (unpaired) electrons. The molecule has 152 valence electrons. The highest BCUT2D eigenvalue weighted by atomic mass is 35.5. The lowest BCUT2D eigenvalue weighted by Gasteiger charge is -2.22. The van der Waals surface area contributed by atoms with Gasteiger partial charge in [0.1, 0.15) is 0 Å². The first-order valence-electron chi connectivity index (χ1n) is 9.55. The molecule has 27 heavy (non-hydrogen) atoms. The predicted octanol–water partition coefficient (Wildman–Crippen LogP) is 4.62. The molecule has 2 unspecified atom stereocenters. The van der Waals surface area contributed by atoms with Crippen molar-refractivity contribution < 1.29 is 5.11 Å². The van der Waals surface area contributed by atoms with Crippen LogP contribution in [0, 0.1) is 0 Å². The third-order valence-corrected chi connectivity index (χ3v) is 5.05. The molecular weight excluding hydrogens is 381 g/mol. The van der Waals surface area contributed by atoms with Gasteiger partial charge in [-0.05, 0) is 56.8 Å². The van der Waals surface area contributed by atoms with Crippen LogP contribution < -0.4 is 16.0 Å². The van der Waals surface area contributed by atoms with E-state index in [0.717, 1.165) is 44.3 Å². The maximum absolute atomic E-state index is 10.2. The number of halogens is 2. The van der Waals surface area contributed by atoms with Crippen LogP contribution in [0.2, 0.25) is 10.0 Å². The first-order valence-corrected chi connectivity index (χ1v) is 10.3. The molecule has 6 heteroatoms. The van der Waals surface area contributed by atoms with Crippen LogP contribution >= 0.6 is 23.2 Å². The number of hydrogen-bond donors (Lipinski definition) is 4. The van der Waals surface area contributed by atoms with Gasteiger partial charge in [0.05, 0.1) is 10.0 Å². The molecule has 4 nitrogen and oxygen atoms in total. The van der Waals surface area contributed by atoms with Crippen molar-refractivity contribution in [2.75, 3.05) is 13.1 Å². The van der Waals surface area contributed by atoms with E-state index in [1.165, 1.54) is 5.57 Å². The van der Waals surface area contributed by atoms with Crippen molar-refractivity contribution in [3.05, 3.63) is 58.1 Å². The number of hydrogen-bond acceptors (Lipinski definition) is 4. The van der Waals surface area contributed by atoms with Crippen molar-refractivity contribution in [1.82, 2.24) is 16.0 Å². The molecule has 0 aliphatic rings. The van der Waals surface area contributed by atoms with Crippen LogP contribution in [0.4, 0.5) is 0 Å². The van der Waals surface area contributed by atoms with Gasteiger partial charge in [0.15, 0.2) is 6.35 Å². The Morgan fingerprint density at radius 2 is 2.04 bits per heavy atom. The molecule has 0 spiro atoms. The minimum absolute atomic E-state index is 0.235. The van der Waals surface area contributed by atoms with E-state index >= 15 is 0 Å². The Morgan fingerprint density at radius 3 is 2.70 bits per heavy atom. The topological polar surface area (TPSA) is 56.3 Å². The van der Waals surface area contributed by atoms with Gasteiger partial charge in [0.2, 0.25) is 0 Å². The van der Waals surface area contributed by atoms with Crippen molar-refractivity contribution in [3.63, 3.8) is 0 Å².